The molecule has 0 aliphatic carbocycles. The summed E-state index contributed by atoms with van der Waals surface area (Å²) in [5.41, 5.74) is 0.128. The molecular weight excluding hydrogens is 417 g/mol. The average Bonchev–Trinajstić information content (AvgIpc) is 2.68. The molecule has 2 N–H and O–H groups in total. The normalized spacial score (nSPS) is 11.7. The molecule has 0 heterocycles. The van der Waals surface area contributed by atoms with Crippen LogP contribution < -0.4 is 10.0 Å². The van der Waals surface area contributed by atoms with Crippen LogP contribution in [0.1, 0.15) is 11.1 Å². The van der Waals surface area contributed by atoms with Crippen LogP contribution in [-0.2, 0) is 27.4 Å². The molecule has 0 aliphatic heterocycles. The van der Waals surface area contributed by atoms with Crippen molar-refractivity contribution in [3.63, 3.8) is 0 Å². The molecule has 9 heteroatoms. The van der Waals surface area contributed by atoms with Gasteiger partial charge < -0.3 is 5.32 Å². The van der Waals surface area contributed by atoms with Crippen molar-refractivity contribution in [1.29, 1.82) is 0 Å². The van der Waals surface area contributed by atoms with E-state index in [9.17, 15) is 26.4 Å². The number of carbonyl (C=O) groups is 1. The van der Waals surface area contributed by atoms with Gasteiger partial charge in [-0.15, -0.1) is 0 Å². The molecule has 0 unspecified atom stereocenters. The first kappa shape index (κ1) is 21.4. The van der Waals surface area contributed by atoms with Gasteiger partial charge in [0, 0.05) is 11.4 Å². The van der Waals surface area contributed by atoms with Crippen LogP contribution in [0.15, 0.2) is 83.8 Å². The Morgan fingerprint density at radius 2 is 1.50 bits per heavy atom. The molecule has 0 saturated heterocycles. The lowest BCUT2D eigenvalue weighted by atomic mass is 10.1. The lowest BCUT2D eigenvalue weighted by Crippen LogP contribution is -2.16. The molecule has 3 rings (SSSR count). The van der Waals surface area contributed by atoms with Crippen LogP contribution in [0.2, 0.25) is 0 Å². The second-order valence-electron chi connectivity index (χ2n) is 6.42. The quantitative estimate of drug-likeness (QED) is 0.591. The van der Waals surface area contributed by atoms with E-state index >= 15 is 0 Å². The molecule has 5 nitrogen and oxygen atoms in total. The molecule has 0 radical (unpaired) electrons. The first-order valence-corrected chi connectivity index (χ1v) is 10.3. The minimum Gasteiger partial charge on any atom is -0.326 e. The number of rotatable bonds is 6. The first-order valence-electron chi connectivity index (χ1n) is 8.77. The molecule has 156 valence electrons. The summed E-state index contributed by atoms with van der Waals surface area (Å²) in [6, 6.07) is 18.4. The molecular formula is C21H17F3N2O3S. The molecule has 0 spiro atoms. The minimum absolute atomic E-state index is 0.00207. The van der Waals surface area contributed by atoms with E-state index in [0.29, 0.717) is 11.4 Å². The summed E-state index contributed by atoms with van der Waals surface area (Å²) in [7, 11) is -3.80. The van der Waals surface area contributed by atoms with Crippen LogP contribution >= 0.6 is 0 Å². The monoisotopic (exact) mass is 434 g/mol. The standard InChI is InChI=1S/C21H17F3N2O3S/c22-21(23,24)16-6-4-5-15(13-16)14-20(27)25-17-9-11-19(12-10-17)30(28,29)26-18-7-2-1-3-8-18/h1-13,26H,14H2,(H,25,27). The van der Waals surface area contributed by atoms with Gasteiger partial charge in [0.05, 0.1) is 16.9 Å². The number of alkyl halides is 3. The smallest absolute Gasteiger partial charge is 0.326 e. The number of carbonyl (C=O) groups excluding carboxylic acids is 1. The van der Waals surface area contributed by atoms with Crippen LogP contribution in [0.4, 0.5) is 24.5 Å². The van der Waals surface area contributed by atoms with Gasteiger partial charge in [-0.2, -0.15) is 13.2 Å². The molecule has 30 heavy (non-hydrogen) atoms. The summed E-state index contributed by atoms with van der Waals surface area (Å²) in [4.78, 5) is 12.1. The second-order valence-corrected chi connectivity index (χ2v) is 8.10. The van der Waals surface area contributed by atoms with E-state index in [1.807, 2.05) is 0 Å². The van der Waals surface area contributed by atoms with Gasteiger partial charge in [-0.25, -0.2) is 8.42 Å². The highest BCUT2D eigenvalue weighted by Gasteiger charge is 2.30. The second kappa shape index (κ2) is 8.58. The van der Waals surface area contributed by atoms with E-state index in [0.717, 1.165) is 12.1 Å². The highest BCUT2D eigenvalue weighted by Crippen LogP contribution is 2.29. The van der Waals surface area contributed by atoms with Gasteiger partial charge in [0.1, 0.15) is 0 Å². The van der Waals surface area contributed by atoms with Crippen LogP contribution in [0, 0.1) is 0 Å². The molecule has 0 atom stereocenters. The van der Waals surface area contributed by atoms with Gasteiger partial charge in [0.15, 0.2) is 0 Å². The fraction of sp³-hybridized carbons (Fsp3) is 0.0952. The average molecular weight is 434 g/mol. The zero-order chi connectivity index (χ0) is 21.8. The molecule has 1 amide bonds. The molecule has 0 fully saturated rings. The summed E-state index contributed by atoms with van der Waals surface area (Å²) in [6.45, 7) is 0. The molecule has 3 aromatic carbocycles. The Morgan fingerprint density at radius 1 is 0.833 bits per heavy atom. The van der Waals surface area contributed by atoms with Gasteiger partial charge in [-0.1, -0.05) is 36.4 Å². The first-order chi connectivity index (χ1) is 14.1. The SMILES string of the molecule is O=C(Cc1cccc(C(F)(F)F)c1)Nc1ccc(S(=O)(=O)Nc2ccccc2)cc1. The topological polar surface area (TPSA) is 75.3 Å². The van der Waals surface area contributed by atoms with E-state index in [1.165, 1.54) is 36.4 Å². The van der Waals surface area contributed by atoms with Crippen LogP contribution in [0.3, 0.4) is 0 Å². The molecule has 3 aromatic rings. The Kier molecular flexibility index (Phi) is 6.12. The summed E-state index contributed by atoms with van der Waals surface area (Å²) in [5, 5.41) is 2.54. The molecule has 0 aliphatic rings. The maximum atomic E-state index is 12.8. The van der Waals surface area contributed by atoms with Crippen molar-refractivity contribution in [2.45, 2.75) is 17.5 Å². The number of nitrogens with one attached hydrogen (secondary N) is 2. The third kappa shape index (κ3) is 5.60. The Balaban J connectivity index is 1.65. The summed E-state index contributed by atoms with van der Waals surface area (Å²) >= 11 is 0. The number of anilines is 2. The Hall–Kier alpha value is -3.33. The summed E-state index contributed by atoms with van der Waals surface area (Å²) in [6.07, 6.45) is -4.73. The third-order valence-corrected chi connectivity index (χ3v) is 5.49. The van der Waals surface area contributed by atoms with E-state index in [4.69, 9.17) is 0 Å². The van der Waals surface area contributed by atoms with E-state index in [-0.39, 0.29) is 16.9 Å². The van der Waals surface area contributed by atoms with Crippen molar-refractivity contribution in [2.75, 3.05) is 10.0 Å². The van der Waals surface area contributed by atoms with Crippen LogP contribution in [-0.4, -0.2) is 14.3 Å². The fourth-order valence-electron chi connectivity index (χ4n) is 2.69. The van der Waals surface area contributed by atoms with Gasteiger partial charge in [-0.05, 0) is 48.0 Å². The Morgan fingerprint density at radius 3 is 2.13 bits per heavy atom. The minimum atomic E-state index is -4.48. The zero-order valence-corrected chi connectivity index (χ0v) is 16.3. The maximum absolute atomic E-state index is 12.8. The zero-order valence-electron chi connectivity index (χ0n) is 15.5. The number of sulfonamides is 1. The van der Waals surface area contributed by atoms with Gasteiger partial charge in [-0.3, -0.25) is 9.52 Å². The largest absolute Gasteiger partial charge is 0.416 e. The van der Waals surface area contributed by atoms with Gasteiger partial charge >= 0.3 is 6.18 Å². The van der Waals surface area contributed by atoms with Crippen molar-refractivity contribution in [2.24, 2.45) is 0 Å². The van der Waals surface area contributed by atoms with Crippen molar-refractivity contribution in [1.82, 2.24) is 0 Å². The predicted octanol–water partition coefficient (Wildman–Crippen LogP) is 4.69. The van der Waals surface area contributed by atoms with E-state index in [1.54, 1.807) is 30.3 Å². The number of benzene rings is 3. The van der Waals surface area contributed by atoms with Crippen molar-refractivity contribution < 1.29 is 26.4 Å². The number of hydrogen-bond donors (Lipinski definition) is 2. The lowest BCUT2D eigenvalue weighted by Gasteiger charge is -2.10. The highest BCUT2D eigenvalue weighted by molar-refractivity contribution is 7.92. The number of para-hydroxylation sites is 1. The highest BCUT2D eigenvalue weighted by atomic mass is 32.2. The van der Waals surface area contributed by atoms with Crippen LogP contribution in [0.25, 0.3) is 0 Å². The summed E-state index contributed by atoms with van der Waals surface area (Å²) in [5.74, 6) is -0.521. The molecule has 0 aromatic heterocycles. The number of hydrogen-bond acceptors (Lipinski definition) is 3. The maximum Gasteiger partial charge on any atom is 0.416 e. The van der Waals surface area contributed by atoms with Crippen molar-refractivity contribution in [3.8, 4) is 0 Å². The predicted molar refractivity (Wildman–Crippen MR) is 107 cm³/mol. The summed E-state index contributed by atoms with van der Waals surface area (Å²) < 4.78 is 65.5. The van der Waals surface area contributed by atoms with Gasteiger partial charge in [0.2, 0.25) is 5.91 Å². The Bertz CT molecular complexity index is 1130. The lowest BCUT2D eigenvalue weighted by molar-refractivity contribution is -0.137. The number of halogens is 3. The van der Waals surface area contributed by atoms with Crippen molar-refractivity contribution in [3.05, 3.63) is 90.0 Å². The fourth-order valence-corrected chi connectivity index (χ4v) is 3.74. The molecule has 0 saturated carbocycles. The Labute approximate surface area is 171 Å². The van der Waals surface area contributed by atoms with Crippen LogP contribution in [0.5, 0.6) is 0 Å². The molecule has 0 bridgehead atoms. The third-order valence-electron chi connectivity index (χ3n) is 4.09. The van der Waals surface area contributed by atoms with Gasteiger partial charge in [0.25, 0.3) is 10.0 Å². The number of amides is 1. The van der Waals surface area contributed by atoms with E-state index in [2.05, 4.69) is 10.0 Å². The van der Waals surface area contributed by atoms with Crippen molar-refractivity contribution >= 4 is 27.3 Å². The van der Waals surface area contributed by atoms with E-state index < -0.39 is 27.7 Å².